The highest BCUT2D eigenvalue weighted by Gasteiger charge is 2.20. The van der Waals surface area contributed by atoms with Gasteiger partial charge in [-0.1, -0.05) is 25.1 Å². The molecule has 0 aliphatic heterocycles. The first-order valence-electron chi connectivity index (χ1n) is 9.31. The number of rotatable bonds is 5. The van der Waals surface area contributed by atoms with E-state index in [4.69, 9.17) is 4.74 Å². The zero-order valence-electron chi connectivity index (χ0n) is 17.4. The second kappa shape index (κ2) is 8.38. The Labute approximate surface area is 161 Å². The van der Waals surface area contributed by atoms with Gasteiger partial charge in [-0.25, -0.2) is 4.79 Å². The summed E-state index contributed by atoms with van der Waals surface area (Å²) in [6.45, 7) is 13.6. The number of esters is 1. The Morgan fingerprint density at radius 1 is 0.889 bits per heavy atom. The van der Waals surface area contributed by atoms with Gasteiger partial charge in [0.15, 0.2) is 6.61 Å². The van der Waals surface area contributed by atoms with Crippen molar-refractivity contribution in [3.8, 4) is 0 Å². The van der Waals surface area contributed by atoms with Crippen molar-refractivity contribution in [1.82, 2.24) is 0 Å². The first kappa shape index (κ1) is 20.7. The summed E-state index contributed by atoms with van der Waals surface area (Å²) in [7, 11) is 0. The maximum Gasteiger partial charge on any atom is 0.339 e. The molecule has 0 atom stereocenters. The third kappa shape index (κ3) is 4.21. The zero-order chi connectivity index (χ0) is 20.3. The van der Waals surface area contributed by atoms with Crippen LogP contribution >= 0.6 is 0 Å². The largest absolute Gasteiger partial charge is 0.452 e. The van der Waals surface area contributed by atoms with E-state index >= 15 is 0 Å². The van der Waals surface area contributed by atoms with Crippen LogP contribution in [-0.2, 0) is 16.0 Å². The molecule has 4 nitrogen and oxygen atoms in total. The van der Waals surface area contributed by atoms with E-state index in [9.17, 15) is 9.59 Å². The molecule has 0 aliphatic rings. The number of aryl methyl sites for hydroxylation is 2. The Bertz CT molecular complexity index is 868. The average Bonchev–Trinajstić information content (AvgIpc) is 2.64. The molecule has 0 radical (unpaired) electrons. The van der Waals surface area contributed by atoms with Gasteiger partial charge in [0.25, 0.3) is 5.91 Å². The van der Waals surface area contributed by atoms with Crippen LogP contribution in [0.2, 0.25) is 0 Å². The van der Waals surface area contributed by atoms with Crippen LogP contribution in [0.1, 0.15) is 56.2 Å². The fourth-order valence-electron chi connectivity index (χ4n) is 3.39. The van der Waals surface area contributed by atoms with E-state index in [1.54, 1.807) is 0 Å². The van der Waals surface area contributed by atoms with Gasteiger partial charge in [-0.15, -0.1) is 0 Å². The lowest BCUT2D eigenvalue weighted by Crippen LogP contribution is -2.23. The number of nitrogens with one attached hydrogen (secondary N) is 1. The number of hydrogen-bond acceptors (Lipinski definition) is 3. The number of carbonyl (C=O) groups excluding carboxylic acids is 2. The lowest BCUT2D eigenvalue weighted by atomic mass is 9.90. The summed E-state index contributed by atoms with van der Waals surface area (Å²) in [5.74, 6) is -0.782. The molecule has 2 aromatic carbocycles. The van der Waals surface area contributed by atoms with Crippen LogP contribution in [0.4, 0.5) is 5.69 Å². The predicted octanol–water partition coefficient (Wildman–Crippen LogP) is 4.90. The minimum absolute atomic E-state index is 0.304. The maximum atomic E-state index is 12.6. The summed E-state index contributed by atoms with van der Waals surface area (Å²) in [4.78, 5) is 25.0. The molecular formula is C23H29NO3. The Morgan fingerprint density at radius 2 is 1.44 bits per heavy atom. The monoisotopic (exact) mass is 367 g/mol. The van der Waals surface area contributed by atoms with Crippen LogP contribution in [0.25, 0.3) is 0 Å². The summed E-state index contributed by atoms with van der Waals surface area (Å²) in [5.41, 5.74) is 8.59. The van der Waals surface area contributed by atoms with E-state index in [0.717, 1.165) is 45.5 Å². The van der Waals surface area contributed by atoms with Gasteiger partial charge in [-0.05, 0) is 86.9 Å². The second-order valence-electron chi connectivity index (χ2n) is 7.09. The van der Waals surface area contributed by atoms with Gasteiger partial charge < -0.3 is 10.1 Å². The minimum Gasteiger partial charge on any atom is -0.452 e. The molecule has 144 valence electrons. The van der Waals surface area contributed by atoms with Gasteiger partial charge in [0.05, 0.1) is 5.56 Å². The van der Waals surface area contributed by atoms with Crippen molar-refractivity contribution in [3.63, 3.8) is 0 Å². The second-order valence-corrected chi connectivity index (χ2v) is 7.09. The third-order valence-electron chi connectivity index (χ3n) is 5.54. The SMILES string of the molecule is CCc1cccc(C)c1NC(=O)COC(=O)c1c(C)c(C)c(C)c(C)c1C. The molecule has 0 heterocycles. The lowest BCUT2D eigenvalue weighted by molar-refractivity contribution is -0.119. The quantitative estimate of drug-likeness (QED) is 0.765. The van der Waals surface area contributed by atoms with Gasteiger partial charge in [-0.3, -0.25) is 4.79 Å². The van der Waals surface area contributed by atoms with E-state index in [1.165, 1.54) is 5.56 Å². The van der Waals surface area contributed by atoms with Crippen molar-refractivity contribution in [2.24, 2.45) is 0 Å². The summed E-state index contributed by atoms with van der Waals surface area (Å²) in [6.07, 6.45) is 0.817. The van der Waals surface area contributed by atoms with Gasteiger partial charge in [0.1, 0.15) is 0 Å². The molecule has 0 saturated heterocycles. The standard InChI is InChI=1S/C23H29NO3/c1-8-19-11-9-10-13(2)22(19)24-20(25)12-27-23(26)21-17(6)15(4)14(3)16(5)18(21)7/h9-11H,8,12H2,1-7H3,(H,24,25). The number of ether oxygens (including phenoxy) is 1. The normalized spacial score (nSPS) is 10.6. The van der Waals surface area contributed by atoms with Crippen LogP contribution in [0.3, 0.4) is 0 Å². The Kier molecular flexibility index (Phi) is 6.42. The highest BCUT2D eigenvalue weighted by atomic mass is 16.5. The number of carbonyl (C=O) groups is 2. The molecule has 2 rings (SSSR count). The van der Waals surface area contributed by atoms with Crippen molar-refractivity contribution in [1.29, 1.82) is 0 Å². The molecule has 4 heteroatoms. The number of amides is 1. The first-order chi connectivity index (χ1) is 12.7. The molecule has 2 aromatic rings. The Hall–Kier alpha value is -2.62. The Balaban J connectivity index is 2.14. The molecular weight excluding hydrogens is 338 g/mol. The predicted molar refractivity (Wildman–Crippen MR) is 110 cm³/mol. The van der Waals surface area contributed by atoms with E-state index in [1.807, 2.05) is 59.7 Å². The smallest absolute Gasteiger partial charge is 0.339 e. The van der Waals surface area contributed by atoms with Gasteiger partial charge in [0.2, 0.25) is 0 Å². The molecule has 0 fully saturated rings. The summed E-state index contributed by atoms with van der Waals surface area (Å²) in [6, 6.07) is 5.90. The molecule has 0 bridgehead atoms. The van der Waals surface area contributed by atoms with Gasteiger partial charge >= 0.3 is 5.97 Å². The summed E-state index contributed by atoms with van der Waals surface area (Å²) >= 11 is 0. The van der Waals surface area contributed by atoms with Crippen molar-refractivity contribution >= 4 is 17.6 Å². The highest BCUT2D eigenvalue weighted by molar-refractivity contribution is 5.98. The zero-order valence-corrected chi connectivity index (χ0v) is 17.4. The molecule has 0 saturated carbocycles. The van der Waals surface area contributed by atoms with Crippen LogP contribution in [-0.4, -0.2) is 18.5 Å². The van der Waals surface area contributed by atoms with Crippen molar-refractivity contribution in [2.75, 3.05) is 11.9 Å². The number of anilines is 1. The van der Waals surface area contributed by atoms with Crippen molar-refractivity contribution in [2.45, 2.75) is 54.9 Å². The van der Waals surface area contributed by atoms with Gasteiger partial charge in [-0.2, -0.15) is 0 Å². The van der Waals surface area contributed by atoms with Crippen molar-refractivity contribution < 1.29 is 14.3 Å². The molecule has 0 unspecified atom stereocenters. The van der Waals surface area contributed by atoms with Gasteiger partial charge in [0, 0.05) is 5.69 Å². The first-order valence-corrected chi connectivity index (χ1v) is 9.31. The van der Waals surface area contributed by atoms with E-state index < -0.39 is 5.97 Å². The van der Waals surface area contributed by atoms with Crippen LogP contribution < -0.4 is 5.32 Å². The third-order valence-corrected chi connectivity index (χ3v) is 5.54. The fourth-order valence-corrected chi connectivity index (χ4v) is 3.39. The van der Waals surface area contributed by atoms with E-state index in [-0.39, 0.29) is 12.5 Å². The Morgan fingerprint density at radius 3 is 2.00 bits per heavy atom. The number of para-hydroxylation sites is 1. The van der Waals surface area contributed by atoms with Crippen molar-refractivity contribution in [3.05, 3.63) is 62.7 Å². The topological polar surface area (TPSA) is 55.4 Å². The number of benzene rings is 2. The molecule has 0 spiro atoms. The molecule has 0 aliphatic carbocycles. The molecule has 0 aromatic heterocycles. The molecule has 1 amide bonds. The highest BCUT2D eigenvalue weighted by Crippen LogP contribution is 2.26. The van der Waals surface area contributed by atoms with E-state index in [2.05, 4.69) is 12.2 Å². The van der Waals surface area contributed by atoms with Crippen LogP contribution in [0.15, 0.2) is 18.2 Å². The fraction of sp³-hybridized carbons (Fsp3) is 0.391. The maximum absolute atomic E-state index is 12.6. The molecule has 1 N–H and O–H groups in total. The van der Waals surface area contributed by atoms with Crippen LogP contribution in [0, 0.1) is 41.5 Å². The summed E-state index contributed by atoms with van der Waals surface area (Å²) in [5, 5.41) is 2.88. The lowest BCUT2D eigenvalue weighted by Gasteiger charge is -2.18. The van der Waals surface area contributed by atoms with E-state index in [0.29, 0.717) is 5.56 Å². The number of hydrogen-bond donors (Lipinski definition) is 1. The minimum atomic E-state index is -0.452. The average molecular weight is 367 g/mol. The molecule has 27 heavy (non-hydrogen) atoms. The van der Waals surface area contributed by atoms with Crippen LogP contribution in [0.5, 0.6) is 0 Å². The summed E-state index contributed by atoms with van der Waals surface area (Å²) < 4.78 is 5.34.